The SMILES string of the molecule is O=C(Nc1cncc(-c2cc3c(-c4nc5c(-c6ccsc6)nccc5[nH]4)n[nH]c3cc2F)c1)C1CC1. The zero-order valence-electron chi connectivity index (χ0n) is 18.7. The lowest BCUT2D eigenvalue weighted by Gasteiger charge is -2.08. The summed E-state index contributed by atoms with van der Waals surface area (Å²) >= 11 is 1.60. The van der Waals surface area contributed by atoms with E-state index in [0.717, 1.165) is 35.1 Å². The maximum atomic E-state index is 15.1. The van der Waals surface area contributed by atoms with Crippen molar-refractivity contribution in [1.29, 1.82) is 0 Å². The van der Waals surface area contributed by atoms with Gasteiger partial charge in [0.15, 0.2) is 5.82 Å². The molecule has 0 radical (unpaired) electrons. The molecule has 10 heteroatoms. The van der Waals surface area contributed by atoms with Crippen LogP contribution in [0.1, 0.15) is 12.8 Å². The number of nitrogens with zero attached hydrogens (tertiary/aromatic N) is 4. The Balaban J connectivity index is 1.31. The minimum atomic E-state index is -0.418. The monoisotopic (exact) mass is 495 g/mol. The van der Waals surface area contributed by atoms with Crippen LogP contribution < -0.4 is 5.32 Å². The number of thiophene rings is 1. The summed E-state index contributed by atoms with van der Waals surface area (Å²) in [4.78, 5) is 29.0. The Morgan fingerprint density at radius 2 is 2.00 bits per heavy atom. The average molecular weight is 496 g/mol. The zero-order valence-corrected chi connectivity index (χ0v) is 19.6. The summed E-state index contributed by atoms with van der Waals surface area (Å²) in [5.74, 6) is 0.179. The second kappa shape index (κ2) is 8.06. The standard InChI is InChI=1S/C26H18FN7OS/c27-19-9-21-18(8-17(19)15-7-16(11-28-10-15)30-26(35)13-1-2-13)23(34-33-21)25-31-20-3-5-29-22(24(20)32-25)14-4-6-36-12-14/h3-13H,1-2H2,(H,30,35)(H,31,32)(H,33,34). The summed E-state index contributed by atoms with van der Waals surface area (Å²) in [6, 6.07) is 8.76. The van der Waals surface area contributed by atoms with Crippen molar-refractivity contribution in [3.05, 3.63) is 65.5 Å². The fourth-order valence-corrected chi connectivity index (χ4v) is 4.98. The van der Waals surface area contributed by atoms with Crippen LogP contribution in [-0.2, 0) is 4.79 Å². The van der Waals surface area contributed by atoms with Gasteiger partial charge < -0.3 is 10.3 Å². The molecular formula is C26H18FN7OS. The second-order valence-corrected chi connectivity index (χ2v) is 9.61. The molecule has 0 spiro atoms. The van der Waals surface area contributed by atoms with E-state index in [1.54, 1.807) is 42.1 Å². The van der Waals surface area contributed by atoms with Crippen molar-refractivity contribution in [3.63, 3.8) is 0 Å². The number of hydrogen-bond acceptors (Lipinski definition) is 6. The molecule has 8 nitrogen and oxygen atoms in total. The van der Waals surface area contributed by atoms with Crippen LogP contribution in [0, 0.1) is 11.7 Å². The highest BCUT2D eigenvalue weighted by Crippen LogP contribution is 2.35. The molecule has 1 saturated carbocycles. The van der Waals surface area contributed by atoms with E-state index >= 15 is 4.39 Å². The van der Waals surface area contributed by atoms with Crippen LogP contribution in [0.25, 0.3) is 55.8 Å². The fraction of sp³-hybridized carbons (Fsp3) is 0.115. The van der Waals surface area contributed by atoms with E-state index < -0.39 is 5.82 Å². The van der Waals surface area contributed by atoms with Crippen LogP contribution in [0.4, 0.5) is 10.1 Å². The fourth-order valence-electron chi connectivity index (χ4n) is 4.34. The molecule has 1 aliphatic carbocycles. The lowest BCUT2D eigenvalue weighted by atomic mass is 10.0. The van der Waals surface area contributed by atoms with Gasteiger partial charge in [0, 0.05) is 51.8 Å². The molecular weight excluding hydrogens is 477 g/mol. The number of imidazole rings is 1. The Hall–Kier alpha value is -4.44. The van der Waals surface area contributed by atoms with Gasteiger partial charge in [-0.1, -0.05) is 0 Å². The molecule has 0 unspecified atom stereocenters. The van der Waals surface area contributed by atoms with Gasteiger partial charge in [0.2, 0.25) is 5.91 Å². The number of aromatic nitrogens is 6. The summed E-state index contributed by atoms with van der Waals surface area (Å²) < 4.78 is 15.1. The van der Waals surface area contributed by atoms with E-state index in [1.807, 2.05) is 22.9 Å². The van der Waals surface area contributed by atoms with E-state index in [9.17, 15) is 4.79 Å². The molecule has 5 aromatic heterocycles. The van der Waals surface area contributed by atoms with E-state index in [1.165, 1.54) is 6.07 Å². The lowest BCUT2D eigenvalue weighted by Crippen LogP contribution is -2.13. The first kappa shape index (κ1) is 20.9. The molecule has 1 aliphatic rings. The smallest absolute Gasteiger partial charge is 0.227 e. The largest absolute Gasteiger partial charge is 0.336 e. The minimum absolute atomic E-state index is 0.0248. The third-order valence-electron chi connectivity index (χ3n) is 6.34. The summed E-state index contributed by atoms with van der Waals surface area (Å²) in [5.41, 5.74) is 5.96. The Bertz CT molecular complexity index is 1770. The van der Waals surface area contributed by atoms with Crippen LogP contribution in [-0.4, -0.2) is 36.0 Å². The average Bonchev–Trinajstić information content (AvgIpc) is 3.26. The first-order valence-corrected chi connectivity index (χ1v) is 12.4. The van der Waals surface area contributed by atoms with Gasteiger partial charge in [-0.05, 0) is 42.5 Å². The number of anilines is 1. The summed E-state index contributed by atoms with van der Waals surface area (Å²) in [6.45, 7) is 0. The van der Waals surface area contributed by atoms with Crippen LogP contribution in [0.2, 0.25) is 0 Å². The van der Waals surface area contributed by atoms with E-state index in [0.29, 0.717) is 39.2 Å². The summed E-state index contributed by atoms with van der Waals surface area (Å²) in [7, 11) is 0. The maximum Gasteiger partial charge on any atom is 0.227 e. The van der Waals surface area contributed by atoms with Crippen molar-refractivity contribution >= 4 is 44.9 Å². The first-order chi connectivity index (χ1) is 17.6. The number of nitrogens with one attached hydrogen (secondary N) is 3. The predicted octanol–water partition coefficient (Wildman–Crippen LogP) is 5.78. The molecule has 5 heterocycles. The Morgan fingerprint density at radius 1 is 1.08 bits per heavy atom. The number of fused-ring (bicyclic) bond motifs is 2. The topological polar surface area (TPSA) is 112 Å². The van der Waals surface area contributed by atoms with E-state index in [2.05, 4.69) is 30.5 Å². The number of carbonyl (C=O) groups is 1. The minimum Gasteiger partial charge on any atom is -0.336 e. The van der Waals surface area contributed by atoms with Gasteiger partial charge >= 0.3 is 0 Å². The molecule has 36 heavy (non-hydrogen) atoms. The van der Waals surface area contributed by atoms with Gasteiger partial charge in [0.05, 0.1) is 28.6 Å². The summed E-state index contributed by atoms with van der Waals surface area (Å²) in [5, 5.41) is 15.0. The van der Waals surface area contributed by atoms with Crippen molar-refractivity contribution < 1.29 is 9.18 Å². The Kier molecular flexibility index (Phi) is 4.68. The normalized spacial score (nSPS) is 13.5. The Labute approximate surface area is 207 Å². The molecule has 0 saturated heterocycles. The third-order valence-corrected chi connectivity index (χ3v) is 7.02. The van der Waals surface area contributed by atoms with Crippen LogP contribution in [0.15, 0.2) is 59.7 Å². The number of halogens is 1. The zero-order chi connectivity index (χ0) is 24.2. The Morgan fingerprint density at radius 3 is 2.83 bits per heavy atom. The van der Waals surface area contributed by atoms with Crippen molar-refractivity contribution in [3.8, 4) is 33.9 Å². The number of H-pyrrole nitrogens is 2. The van der Waals surface area contributed by atoms with Crippen molar-refractivity contribution in [2.24, 2.45) is 5.92 Å². The van der Waals surface area contributed by atoms with Crippen molar-refractivity contribution in [2.75, 3.05) is 5.32 Å². The number of pyridine rings is 2. The lowest BCUT2D eigenvalue weighted by molar-refractivity contribution is -0.117. The van der Waals surface area contributed by atoms with Crippen LogP contribution in [0.5, 0.6) is 0 Å². The van der Waals surface area contributed by atoms with Crippen LogP contribution in [0.3, 0.4) is 0 Å². The predicted molar refractivity (Wildman–Crippen MR) is 137 cm³/mol. The van der Waals surface area contributed by atoms with E-state index in [4.69, 9.17) is 4.98 Å². The molecule has 7 rings (SSSR count). The molecule has 1 aromatic carbocycles. The van der Waals surface area contributed by atoms with Gasteiger partial charge in [0.25, 0.3) is 0 Å². The molecule has 0 atom stereocenters. The van der Waals surface area contributed by atoms with Gasteiger partial charge in [-0.25, -0.2) is 9.37 Å². The first-order valence-electron chi connectivity index (χ1n) is 11.5. The van der Waals surface area contributed by atoms with Crippen molar-refractivity contribution in [1.82, 2.24) is 30.1 Å². The highest BCUT2D eigenvalue weighted by atomic mass is 32.1. The molecule has 3 N–H and O–H groups in total. The molecule has 6 aromatic rings. The summed E-state index contributed by atoms with van der Waals surface area (Å²) in [6.07, 6.45) is 6.70. The van der Waals surface area contributed by atoms with Gasteiger partial charge in [-0.3, -0.25) is 19.9 Å². The molecule has 0 aliphatic heterocycles. The number of aromatic amines is 2. The van der Waals surface area contributed by atoms with Gasteiger partial charge in [0.1, 0.15) is 17.0 Å². The number of carbonyl (C=O) groups excluding carboxylic acids is 1. The highest BCUT2D eigenvalue weighted by molar-refractivity contribution is 7.08. The third kappa shape index (κ3) is 3.54. The second-order valence-electron chi connectivity index (χ2n) is 8.83. The van der Waals surface area contributed by atoms with Gasteiger partial charge in [-0.2, -0.15) is 16.4 Å². The maximum absolute atomic E-state index is 15.1. The molecule has 1 amide bonds. The highest BCUT2D eigenvalue weighted by Gasteiger charge is 2.29. The number of hydrogen-bond donors (Lipinski definition) is 3. The molecule has 1 fully saturated rings. The molecule has 0 bridgehead atoms. The van der Waals surface area contributed by atoms with Crippen LogP contribution >= 0.6 is 11.3 Å². The van der Waals surface area contributed by atoms with Crippen molar-refractivity contribution in [2.45, 2.75) is 12.8 Å². The number of benzene rings is 1. The number of rotatable bonds is 5. The van der Waals surface area contributed by atoms with E-state index in [-0.39, 0.29) is 11.8 Å². The van der Waals surface area contributed by atoms with Gasteiger partial charge in [-0.15, -0.1) is 0 Å². The molecule has 176 valence electrons. The number of amides is 1. The quantitative estimate of drug-likeness (QED) is 0.281.